The molecule has 2 atom stereocenters. The number of nitrogens with two attached hydrogens (primary N) is 1. The summed E-state index contributed by atoms with van der Waals surface area (Å²) in [6, 6.07) is 0.827. The van der Waals surface area contributed by atoms with Crippen LogP contribution in [0.1, 0.15) is 45.4 Å². The molecule has 15 heavy (non-hydrogen) atoms. The zero-order valence-corrected chi connectivity index (χ0v) is 10.1. The summed E-state index contributed by atoms with van der Waals surface area (Å²) in [5.74, 6) is 1.79. The van der Waals surface area contributed by atoms with E-state index in [0.29, 0.717) is 0 Å². The van der Waals surface area contributed by atoms with Gasteiger partial charge in [-0.15, -0.1) is 0 Å². The first kappa shape index (κ1) is 11.4. The van der Waals surface area contributed by atoms with Crippen molar-refractivity contribution < 1.29 is 0 Å². The molecular weight excluding hydrogens is 184 g/mol. The molecule has 2 heteroatoms. The molecular formula is C13H26N2. The predicted molar refractivity (Wildman–Crippen MR) is 64.8 cm³/mol. The van der Waals surface area contributed by atoms with Gasteiger partial charge in [0.1, 0.15) is 0 Å². The molecule has 0 amide bonds. The lowest BCUT2D eigenvalue weighted by atomic mass is 9.92. The van der Waals surface area contributed by atoms with Crippen molar-refractivity contribution in [1.29, 1.82) is 0 Å². The highest BCUT2D eigenvalue weighted by Gasteiger charge is 2.32. The Kier molecular flexibility index (Phi) is 4.04. The van der Waals surface area contributed by atoms with Crippen molar-refractivity contribution in [3.63, 3.8) is 0 Å². The Morgan fingerprint density at radius 3 is 2.47 bits per heavy atom. The molecule has 2 nitrogen and oxygen atoms in total. The van der Waals surface area contributed by atoms with Gasteiger partial charge in [-0.2, -0.15) is 0 Å². The SMILES string of the molecule is CCC1CCN(C2CCCC2CN)CC1. The monoisotopic (exact) mass is 210 g/mol. The summed E-state index contributed by atoms with van der Waals surface area (Å²) in [4.78, 5) is 2.73. The van der Waals surface area contributed by atoms with Crippen molar-refractivity contribution in [2.24, 2.45) is 17.6 Å². The minimum absolute atomic E-state index is 0.795. The summed E-state index contributed by atoms with van der Waals surface area (Å²) in [7, 11) is 0. The van der Waals surface area contributed by atoms with Crippen molar-refractivity contribution in [2.45, 2.75) is 51.5 Å². The number of piperidine rings is 1. The molecule has 2 N–H and O–H groups in total. The van der Waals surface area contributed by atoms with Crippen LogP contribution < -0.4 is 5.73 Å². The van der Waals surface area contributed by atoms with Gasteiger partial charge in [-0.1, -0.05) is 19.8 Å². The number of nitrogens with zero attached hydrogens (tertiary/aromatic N) is 1. The second kappa shape index (κ2) is 5.31. The highest BCUT2D eigenvalue weighted by molar-refractivity contribution is 4.88. The minimum Gasteiger partial charge on any atom is -0.330 e. The lowest BCUT2D eigenvalue weighted by Gasteiger charge is -2.38. The van der Waals surface area contributed by atoms with Crippen LogP contribution in [0.25, 0.3) is 0 Å². The standard InChI is InChI=1S/C13H26N2/c1-2-11-6-8-15(9-7-11)13-5-3-4-12(13)10-14/h11-13H,2-10,14H2,1H3. The molecule has 1 aliphatic carbocycles. The van der Waals surface area contributed by atoms with Gasteiger partial charge in [-0.25, -0.2) is 0 Å². The number of likely N-dealkylation sites (tertiary alicyclic amines) is 1. The lowest BCUT2D eigenvalue weighted by molar-refractivity contribution is 0.109. The van der Waals surface area contributed by atoms with E-state index < -0.39 is 0 Å². The molecule has 1 saturated carbocycles. The van der Waals surface area contributed by atoms with Crippen molar-refractivity contribution in [3.05, 3.63) is 0 Å². The largest absolute Gasteiger partial charge is 0.330 e. The zero-order valence-electron chi connectivity index (χ0n) is 10.1. The van der Waals surface area contributed by atoms with Crippen molar-refractivity contribution >= 4 is 0 Å². The van der Waals surface area contributed by atoms with Crippen LogP contribution >= 0.6 is 0 Å². The molecule has 2 aliphatic rings. The van der Waals surface area contributed by atoms with E-state index in [-0.39, 0.29) is 0 Å². The fraction of sp³-hybridized carbons (Fsp3) is 1.00. The number of hydrogen-bond donors (Lipinski definition) is 1. The van der Waals surface area contributed by atoms with Crippen LogP contribution in [-0.2, 0) is 0 Å². The van der Waals surface area contributed by atoms with Gasteiger partial charge in [-0.3, -0.25) is 0 Å². The van der Waals surface area contributed by atoms with E-state index in [0.717, 1.165) is 24.4 Å². The van der Waals surface area contributed by atoms with Gasteiger partial charge in [0.15, 0.2) is 0 Å². The van der Waals surface area contributed by atoms with Crippen LogP contribution in [0.15, 0.2) is 0 Å². The van der Waals surface area contributed by atoms with Crippen LogP contribution in [0, 0.1) is 11.8 Å². The summed E-state index contributed by atoms with van der Waals surface area (Å²) in [5.41, 5.74) is 5.86. The van der Waals surface area contributed by atoms with Gasteiger partial charge in [0.05, 0.1) is 0 Å². The molecule has 0 aromatic heterocycles. The summed E-state index contributed by atoms with van der Waals surface area (Å²) in [5, 5.41) is 0. The Bertz CT molecular complexity index is 185. The number of rotatable bonds is 3. The van der Waals surface area contributed by atoms with Gasteiger partial charge in [0.2, 0.25) is 0 Å². The average molecular weight is 210 g/mol. The maximum Gasteiger partial charge on any atom is 0.0136 e. The predicted octanol–water partition coefficient (Wildman–Crippen LogP) is 2.24. The van der Waals surface area contributed by atoms with Gasteiger partial charge in [-0.05, 0) is 57.2 Å². The fourth-order valence-corrected chi connectivity index (χ4v) is 3.47. The summed E-state index contributed by atoms with van der Waals surface area (Å²) in [6.45, 7) is 5.90. The number of hydrogen-bond acceptors (Lipinski definition) is 2. The normalized spacial score (nSPS) is 34.8. The van der Waals surface area contributed by atoms with Crippen LogP contribution in [0.5, 0.6) is 0 Å². The van der Waals surface area contributed by atoms with Crippen LogP contribution in [0.4, 0.5) is 0 Å². The molecule has 88 valence electrons. The summed E-state index contributed by atoms with van der Waals surface area (Å²) in [6.07, 6.45) is 8.39. The Morgan fingerprint density at radius 2 is 1.87 bits per heavy atom. The minimum atomic E-state index is 0.795. The summed E-state index contributed by atoms with van der Waals surface area (Å²) < 4.78 is 0. The van der Waals surface area contributed by atoms with Crippen molar-refractivity contribution in [1.82, 2.24) is 4.90 Å². The second-order valence-corrected chi connectivity index (χ2v) is 5.38. The van der Waals surface area contributed by atoms with Gasteiger partial charge < -0.3 is 10.6 Å². The van der Waals surface area contributed by atoms with E-state index in [1.165, 1.54) is 51.6 Å². The molecule has 2 unspecified atom stereocenters. The van der Waals surface area contributed by atoms with E-state index in [4.69, 9.17) is 5.73 Å². The molecule has 0 aromatic rings. The average Bonchev–Trinajstić information content (AvgIpc) is 2.77. The van der Waals surface area contributed by atoms with E-state index in [9.17, 15) is 0 Å². The van der Waals surface area contributed by atoms with Crippen molar-refractivity contribution in [2.75, 3.05) is 19.6 Å². The molecule has 2 rings (SSSR count). The van der Waals surface area contributed by atoms with Gasteiger partial charge >= 0.3 is 0 Å². The maximum atomic E-state index is 5.86. The highest BCUT2D eigenvalue weighted by Crippen LogP contribution is 2.32. The first-order chi connectivity index (χ1) is 7.35. The van der Waals surface area contributed by atoms with E-state index >= 15 is 0 Å². The molecule has 0 radical (unpaired) electrons. The Labute approximate surface area is 94.2 Å². The third kappa shape index (κ3) is 2.54. The molecule has 1 saturated heterocycles. The smallest absolute Gasteiger partial charge is 0.0136 e. The third-order valence-electron chi connectivity index (χ3n) is 4.62. The molecule has 0 spiro atoms. The Morgan fingerprint density at radius 1 is 1.13 bits per heavy atom. The molecule has 1 heterocycles. The van der Waals surface area contributed by atoms with E-state index in [1.807, 2.05) is 0 Å². The first-order valence-corrected chi connectivity index (χ1v) is 6.79. The Balaban J connectivity index is 1.84. The Hall–Kier alpha value is -0.0800. The highest BCUT2D eigenvalue weighted by atomic mass is 15.2. The van der Waals surface area contributed by atoms with Gasteiger partial charge in [0, 0.05) is 6.04 Å². The van der Waals surface area contributed by atoms with E-state index in [1.54, 1.807) is 0 Å². The van der Waals surface area contributed by atoms with Crippen LogP contribution in [0.3, 0.4) is 0 Å². The second-order valence-electron chi connectivity index (χ2n) is 5.38. The van der Waals surface area contributed by atoms with Crippen LogP contribution in [0.2, 0.25) is 0 Å². The van der Waals surface area contributed by atoms with Gasteiger partial charge in [0.25, 0.3) is 0 Å². The molecule has 2 fully saturated rings. The van der Waals surface area contributed by atoms with Crippen molar-refractivity contribution in [3.8, 4) is 0 Å². The molecule has 0 aromatic carbocycles. The first-order valence-electron chi connectivity index (χ1n) is 6.79. The summed E-state index contributed by atoms with van der Waals surface area (Å²) >= 11 is 0. The maximum absolute atomic E-state index is 5.86. The third-order valence-corrected chi connectivity index (χ3v) is 4.62. The quantitative estimate of drug-likeness (QED) is 0.774. The van der Waals surface area contributed by atoms with Crippen LogP contribution in [-0.4, -0.2) is 30.6 Å². The topological polar surface area (TPSA) is 29.3 Å². The lowest BCUT2D eigenvalue weighted by Crippen LogP contribution is -2.44. The van der Waals surface area contributed by atoms with E-state index in [2.05, 4.69) is 11.8 Å². The molecule has 1 aliphatic heterocycles. The zero-order chi connectivity index (χ0) is 10.7. The molecule has 0 bridgehead atoms. The fourth-order valence-electron chi connectivity index (χ4n) is 3.47.